The molecule has 0 fully saturated rings. The zero-order valence-corrected chi connectivity index (χ0v) is 19.5. The molecule has 0 atom stereocenters. The molecule has 176 valence electrons. The Hall–Kier alpha value is -4.28. The maximum absolute atomic E-state index is 10.9. The summed E-state index contributed by atoms with van der Waals surface area (Å²) in [4.78, 5) is 23.5. The summed E-state index contributed by atoms with van der Waals surface area (Å²) in [7, 11) is 0. The minimum Gasteiger partial charge on any atom is -0.350 e. The van der Waals surface area contributed by atoms with E-state index >= 15 is 0 Å². The van der Waals surface area contributed by atoms with Crippen molar-refractivity contribution in [2.75, 3.05) is 16.1 Å². The van der Waals surface area contributed by atoms with E-state index in [0.717, 1.165) is 5.56 Å². The minimum atomic E-state index is -0.469. The molecular weight excluding hydrogens is 491 g/mol. The van der Waals surface area contributed by atoms with Crippen LogP contribution in [0.5, 0.6) is 0 Å². The molecule has 4 rings (SSSR count). The van der Waals surface area contributed by atoms with E-state index in [0.29, 0.717) is 33.8 Å². The molecular formula is C23H18Cl2N8O2. The van der Waals surface area contributed by atoms with Crippen molar-refractivity contribution in [2.45, 2.75) is 6.54 Å². The highest BCUT2D eigenvalue weighted by atomic mass is 35.5. The van der Waals surface area contributed by atoms with E-state index in [1.54, 1.807) is 30.3 Å². The third kappa shape index (κ3) is 6.62. The van der Waals surface area contributed by atoms with Crippen molar-refractivity contribution in [1.82, 2.24) is 15.0 Å². The van der Waals surface area contributed by atoms with Crippen LogP contribution in [0.25, 0.3) is 0 Å². The Labute approximate surface area is 210 Å². The van der Waals surface area contributed by atoms with Crippen LogP contribution < -0.4 is 16.1 Å². The van der Waals surface area contributed by atoms with Crippen LogP contribution in [0.1, 0.15) is 11.1 Å². The van der Waals surface area contributed by atoms with Crippen LogP contribution in [0.4, 0.5) is 29.2 Å². The molecule has 1 aromatic heterocycles. The summed E-state index contributed by atoms with van der Waals surface area (Å²) in [6.07, 6.45) is 1.47. The van der Waals surface area contributed by atoms with Crippen LogP contribution in [0.2, 0.25) is 10.0 Å². The molecule has 10 nitrogen and oxygen atoms in total. The second kappa shape index (κ2) is 11.2. The van der Waals surface area contributed by atoms with Crippen molar-refractivity contribution in [3.63, 3.8) is 0 Å². The number of anilines is 4. The van der Waals surface area contributed by atoms with Crippen LogP contribution in [-0.4, -0.2) is 26.1 Å². The smallest absolute Gasteiger partial charge is 0.269 e. The molecule has 0 aliphatic carbocycles. The van der Waals surface area contributed by atoms with Gasteiger partial charge >= 0.3 is 0 Å². The standard InChI is InChI=1S/C23H18Cl2N8O2/c24-19-7-4-8-20(25)18(19)14-27-32-23-30-21(26-13-15-5-2-1-3-6-15)29-22(31-23)28-16-9-11-17(12-10-16)33(34)35/h1-12,14H,13H2,(H3,26,28,29,30,31,32). The summed E-state index contributed by atoms with van der Waals surface area (Å²) < 4.78 is 0. The van der Waals surface area contributed by atoms with Crippen LogP contribution in [0, 0.1) is 10.1 Å². The molecule has 0 spiro atoms. The number of nitro benzene ring substituents is 1. The Morgan fingerprint density at radius 3 is 2.20 bits per heavy atom. The lowest BCUT2D eigenvalue weighted by atomic mass is 10.2. The van der Waals surface area contributed by atoms with Gasteiger partial charge in [-0.3, -0.25) is 10.1 Å². The first kappa shape index (κ1) is 23.9. The van der Waals surface area contributed by atoms with Crippen molar-refractivity contribution < 1.29 is 4.92 Å². The summed E-state index contributed by atoms with van der Waals surface area (Å²) in [6.45, 7) is 0.486. The maximum Gasteiger partial charge on any atom is 0.269 e. The number of hydrazone groups is 1. The normalized spacial score (nSPS) is 10.8. The van der Waals surface area contributed by atoms with Gasteiger partial charge in [0.15, 0.2) is 0 Å². The Bertz CT molecular complexity index is 1330. The van der Waals surface area contributed by atoms with Crippen molar-refractivity contribution >= 4 is 58.6 Å². The third-order valence-corrected chi connectivity index (χ3v) is 5.28. The van der Waals surface area contributed by atoms with Gasteiger partial charge in [-0.2, -0.15) is 20.1 Å². The second-order valence-corrected chi connectivity index (χ2v) is 7.89. The molecule has 4 aromatic rings. The summed E-state index contributed by atoms with van der Waals surface area (Å²) in [6, 6.07) is 20.8. The zero-order chi connectivity index (χ0) is 24.6. The largest absolute Gasteiger partial charge is 0.350 e. The van der Waals surface area contributed by atoms with Crippen molar-refractivity contribution in [1.29, 1.82) is 0 Å². The van der Waals surface area contributed by atoms with Crippen LogP contribution in [-0.2, 0) is 6.54 Å². The Morgan fingerprint density at radius 2 is 1.51 bits per heavy atom. The number of nitro groups is 1. The van der Waals surface area contributed by atoms with Crippen molar-refractivity contribution in [3.8, 4) is 0 Å². The molecule has 0 saturated heterocycles. The van der Waals surface area contributed by atoms with E-state index in [1.807, 2.05) is 30.3 Å². The monoisotopic (exact) mass is 508 g/mol. The molecule has 0 radical (unpaired) electrons. The third-order valence-electron chi connectivity index (χ3n) is 4.62. The number of aromatic nitrogens is 3. The number of hydrogen-bond acceptors (Lipinski definition) is 9. The Balaban J connectivity index is 1.56. The molecule has 0 unspecified atom stereocenters. The van der Waals surface area contributed by atoms with Gasteiger partial charge in [0.1, 0.15) is 0 Å². The highest BCUT2D eigenvalue weighted by Crippen LogP contribution is 2.23. The number of non-ortho nitro benzene ring substituents is 1. The average Bonchev–Trinajstić information content (AvgIpc) is 2.85. The van der Waals surface area contributed by atoms with Gasteiger partial charge in [-0.25, -0.2) is 5.43 Å². The predicted molar refractivity (Wildman–Crippen MR) is 138 cm³/mol. The van der Waals surface area contributed by atoms with Crippen LogP contribution in [0.15, 0.2) is 77.9 Å². The quantitative estimate of drug-likeness (QED) is 0.145. The van der Waals surface area contributed by atoms with Crippen LogP contribution in [0.3, 0.4) is 0 Å². The summed E-state index contributed by atoms with van der Waals surface area (Å²) in [5, 5.41) is 22.1. The lowest BCUT2D eigenvalue weighted by molar-refractivity contribution is -0.384. The molecule has 12 heteroatoms. The Morgan fingerprint density at radius 1 is 0.857 bits per heavy atom. The van der Waals surface area contributed by atoms with Crippen molar-refractivity contribution in [3.05, 3.63) is 104 Å². The van der Waals surface area contributed by atoms with E-state index in [4.69, 9.17) is 23.2 Å². The van der Waals surface area contributed by atoms with E-state index in [9.17, 15) is 10.1 Å². The van der Waals surface area contributed by atoms with E-state index in [1.165, 1.54) is 18.3 Å². The molecule has 3 N–H and O–H groups in total. The Kier molecular flexibility index (Phi) is 7.66. The lowest BCUT2D eigenvalue weighted by Crippen LogP contribution is -2.09. The first-order chi connectivity index (χ1) is 17.0. The second-order valence-electron chi connectivity index (χ2n) is 7.08. The summed E-state index contributed by atoms with van der Waals surface area (Å²) in [5.41, 5.74) is 4.88. The number of hydrogen-bond donors (Lipinski definition) is 3. The van der Waals surface area contributed by atoms with E-state index < -0.39 is 4.92 Å². The van der Waals surface area contributed by atoms with Gasteiger partial charge < -0.3 is 10.6 Å². The maximum atomic E-state index is 10.9. The van der Waals surface area contributed by atoms with Gasteiger partial charge in [0.05, 0.1) is 21.2 Å². The molecule has 0 aliphatic heterocycles. The summed E-state index contributed by atoms with van der Waals surface area (Å²) in [5.74, 6) is 0.652. The lowest BCUT2D eigenvalue weighted by Gasteiger charge is -2.10. The molecule has 0 saturated carbocycles. The predicted octanol–water partition coefficient (Wildman–Crippen LogP) is 5.89. The number of nitrogens with one attached hydrogen (secondary N) is 3. The fourth-order valence-electron chi connectivity index (χ4n) is 2.92. The average molecular weight is 509 g/mol. The number of halogens is 2. The highest BCUT2D eigenvalue weighted by molar-refractivity contribution is 6.38. The molecule has 1 heterocycles. The fraction of sp³-hybridized carbons (Fsp3) is 0.0435. The first-order valence-electron chi connectivity index (χ1n) is 10.3. The summed E-state index contributed by atoms with van der Waals surface area (Å²) >= 11 is 12.4. The van der Waals surface area contributed by atoms with Gasteiger partial charge in [-0.05, 0) is 29.8 Å². The first-order valence-corrected chi connectivity index (χ1v) is 11.0. The number of benzene rings is 3. The highest BCUT2D eigenvalue weighted by Gasteiger charge is 2.09. The zero-order valence-electron chi connectivity index (χ0n) is 18.0. The van der Waals surface area contributed by atoms with E-state index in [-0.39, 0.29) is 17.6 Å². The van der Waals surface area contributed by atoms with E-state index in [2.05, 4.69) is 36.1 Å². The molecule has 0 amide bonds. The van der Waals surface area contributed by atoms with Gasteiger partial charge in [0.2, 0.25) is 17.8 Å². The minimum absolute atomic E-state index is 0.0219. The molecule has 0 aliphatic rings. The van der Waals surface area contributed by atoms with Gasteiger partial charge in [-0.1, -0.05) is 59.6 Å². The van der Waals surface area contributed by atoms with Gasteiger partial charge in [0.25, 0.3) is 5.69 Å². The van der Waals surface area contributed by atoms with Crippen LogP contribution >= 0.6 is 23.2 Å². The topological polar surface area (TPSA) is 130 Å². The number of rotatable bonds is 9. The van der Waals surface area contributed by atoms with Gasteiger partial charge in [0, 0.05) is 29.9 Å². The fourth-order valence-corrected chi connectivity index (χ4v) is 3.42. The molecule has 0 bridgehead atoms. The van der Waals surface area contributed by atoms with Crippen molar-refractivity contribution in [2.24, 2.45) is 5.10 Å². The molecule has 3 aromatic carbocycles. The SMILES string of the molecule is O=[N+]([O-])c1ccc(Nc2nc(NCc3ccccc3)nc(NN=Cc3c(Cl)cccc3Cl)n2)cc1. The number of nitrogens with zero attached hydrogens (tertiary/aromatic N) is 5. The van der Waals surface area contributed by atoms with Gasteiger partial charge in [-0.15, -0.1) is 0 Å². The molecule has 35 heavy (non-hydrogen) atoms.